The molecule has 1 saturated heterocycles. The van der Waals surface area contributed by atoms with Gasteiger partial charge in [0.15, 0.2) is 0 Å². The third kappa shape index (κ3) is 3.34. The molecule has 2 N–H and O–H groups in total. The first-order chi connectivity index (χ1) is 9.97. The average molecular weight is 301 g/mol. The molecule has 0 unspecified atom stereocenters. The molecule has 0 spiro atoms. The Hall–Kier alpha value is -1.64. The molecule has 0 saturated carbocycles. The molecule has 8 heteroatoms. The van der Waals surface area contributed by atoms with E-state index in [0.717, 1.165) is 0 Å². The SMILES string of the molecule is O=[N+]([O-])c1ccccc1[C@@H](N1CCNCC1)C(F)(F)CO. The van der Waals surface area contributed by atoms with Crippen LogP contribution in [-0.2, 0) is 0 Å². The highest BCUT2D eigenvalue weighted by Crippen LogP contribution is 2.40. The van der Waals surface area contributed by atoms with E-state index in [1.54, 1.807) is 0 Å². The van der Waals surface area contributed by atoms with Gasteiger partial charge < -0.3 is 10.4 Å². The second-order valence-electron chi connectivity index (χ2n) is 4.92. The van der Waals surface area contributed by atoms with Gasteiger partial charge in [-0.2, -0.15) is 0 Å². The first-order valence-electron chi connectivity index (χ1n) is 6.64. The second kappa shape index (κ2) is 6.42. The number of halogens is 2. The molecular weight excluding hydrogens is 284 g/mol. The minimum Gasteiger partial charge on any atom is -0.390 e. The van der Waals surface area contributed by atoms with Gasteiger partial charge in [-0.25, -0.2) is 8.78 Å². The highest BCUT2D eigenvalue weighted by atomic mass is 19.3. The van der Waals surface area contributed by atoms with E-state index in [4.69, 9.17) is 5.11 Å². The second-order valence-corrected chi connectivity index (χ2v) is 4.92. The molecule has 0 aliphatic carbocycles. The molecule has 6 nitrogen and oxygen atoms in total. The molecule has 1 aromatic carbocycles. The van der Waals surface area contributed by atoms with Crippen LogP contribution in [-0.4, -0.2) is 53.6 Å². The van der Waals surface area contributed by atoms with Gasteiger partial charge in [-0.05, 0) is 0 Å². The lowest BCUT2D eigenvalue weighted by molar-refractivity contribution is -0.386. The molecule has 1 aliphatic rings. The highest BCUT2D eigenvalue weighted by molar-refractivity contribution is 5.43. The molecule has 0 bridgehead atoms. The monoisotopic (exact) mass is 301 g/mol. The highest BCUT2D eigenvalue weighted by Gasteiger charge is 2.46. The number of aliphatic hydroxyl groups is 1. The zero-order valence-electron chi connectivity index (χ0n) is 11.3. The lowest BCUT2D eigenvalue weighted by Crippen LogP contribution is -2.51. The number of nitrogens with zero attached hydrogens (tertiary/aromatic N) is 2. The lowest BCUT2D eigenvalue weighted by atomic mass is 9.96. The Morgan fingerprint density at radius 2 is 2.00 bits per heavy atom. The molecule has 116 valence electrons. The fourth-order valence-corrected chi connectivity index (χ4v) is 2.60. The van der Waals surface area contributed by atoms with Gasteiger partial charge in [0, 0.05) is 32.2 Å². The van der Waals surface area contributed by atoms with E-state index in [1.807, 2.05) is 0 Å². The summed E-state index contributed by atoms with van der Waals surface area (Å²) in [6, 6.07) is 3.96. The number of hydrogen-bond donors (Lipinski definition) is 2. The van der Waals surface area contributed by atoms with Crippen molar-refractivity contribution in [2.24, 2.45) is 0 Å². The largest absolute Gasteiger partial charge is 0.390 e. The number of benzene rings is 1. The number of nitro benzene ring substituents is 1. The predicted octanol–water partition coefficient (Wildman–Crippen LogP) is 1.17. The van der Waals surface area contributed by atoms with Crippen LogP contribution in [0.4, 0.5) is 14.5 Å². The van der Waals surface area contributed by atoms with Crippen LogP contribution >= 0.6 is 0 Å². The summed E-state index contributed by atoms with van der Waals surface area (Å²) in [5, 5.41) is 23.2. The van der Waals surface area contributed by atoms with Crippen molar-refractivity contribution in [1.29, 1.82) is 0 Å². The standard InChI is InChI=1S/C13H17F2N3O3/c14-13(15,9-19)12(17-7-5-16-6-8-17)10-3-1-2-4-11(10)18(20)21/h1-4,12,16,19H,5-9H2/t12-/m1/s1. The summed E-state index contributed by atoms with van der Waals surface area (Å²) in [5.41, 5.74) is -0.419. The summed E-state index contributed by atoms with van der Waals surface area (Å²) in [4.78, 5) is 11.9. The van der Waals surface area contributed by atoms with Crippen LogP contribution in [0.3, 0.4) is 0 Å². The number of hydrogen-bond acceptors (Lipinski definition) is 5. The molecule has 2 rings (SSSR count). The van der Waals surface area contributed by atoms with E-state index in [2.05, 4.69) is 5.32 Å². The van der Waals surface area contributed by atoms with Crippen molar-refractivity contribution in [2.45, 2.75) is 12.0 Å². The number of nitro groups is 1. The summed E-state index contributed by atoms with van der Waals surface area (Å²) in [6.07, 6.45) is 0. The number of rotatable bonds is 5. The van der Waals surface area contributed by atoms with Crippen LogP contribution in [0, 0.1) is 10.1 Å². The molecule has 1 fully saturated rings. The maximum Gasteiger partial charge on any atom is 0.290 e. The third-order valence-electron chi connectivity index (χ3n) is 3.56. The molecule has 1 atom stereocenters. The minimum atomic E-state index is -3.45. The Kier molecular flexibility index (Phi) is 4.81. The van der Waals surface area contributed by atoms with Crippen LogP contribution in [0.25, 0.3) is 0 Å². The molecule has 0 aromatic heterocycles. The maximum atomic E-state index is 14.2. The topological polar surface area (TPSA) is 78.6 Å². The Morgan fingerprint density at radius 1 is 1.38 bits per heavy atom. The molecule has 0 amide bonds. The van der Waals surface area contributed by atoms with E-state index >= 15 is 0 Å². The number of para-hydroxylation sites is 1. The minimum absolute atomic E-state index is 0.0662. The van der Waals surface area contributed by atoms with Crippen LogP contribution in [0.1, 0.15) is 11.6 Å². The predicted molar refractivity (Wildman–Crippen MR) is 72.3 cm³/mol. The van der Waals surface area contributed by atoms with Gasteiger partial charge in [-0.15, -0.1) is 0 Å². The number of alkyl halides is 2. The fourth-order valence-electron chi connectivity index (χ4n) is 2.60. The smallest absolute Gasteiger partial charge is 0.290 e. The molecular formula is C13H17F2N3O3. The van der Waals surface area contributed by atoms with Crippen molar-refractivity contribution in [3.8, 4) is 0 Å². The zero-order valence-corrected chi connectivity index (χ0v) is 11.3. The molecule has 0 radical (unpaired) electrons. The Bertz CT molecular complexity index is 507. The Labute approximate surface area is 120 Å². The molecule has 1 aromatic rings. The normalized spacial score (nSPS) is 18.4. The van der Waals surface area contributed by atoms with Crippen LogP contribution in [0.5, 0.6) is 0 Å². The number of aliphatic hydroxyl groups excluding tert-OH is 1. The maximum absolute atomic E-state index is 14.2. The Balaban J connectivity index is 2.47. The van der Waals surface area contributed by atoms with Crippen LogP contribution in [0.2, 0.25) is 0 Å². The van der Waals surface area contributed by atoms with Gasteiger partial charge >= 0.3 is 0 Å². The van der Waals surface area contributed by atoms with Gasteiger partial charge in [0.25, 0.3) is 11.6 Å². The first kappa shape index (κ1) is 15.7. The zero-order chi connectivity index (χ0) is 15.5. The molecule has 1 heterocycles. The lowest BCUT2D eigenvalue weighted by Gasteiger charge is -2.38. The van der Waals surface area contributed by atoms with E-state index in [1.165, 1.54) is 29.2 Å². The average Bonchev–Trinajstić information content (AvgIpc) is 2.48. The molecule has 21 heavy (non-hydrogen) atoms. The quantitative estimate of drug-likeness (QED) is 0.630. The van der Waals surface area contributed by atoms with Crippen molar-refractivity contribution < 1.29 is 18.8 Å². The van der Waals surface area contributed by atoms with Gasteiger partial charge in [0.05, 0.1) is 10.5 Å². The Morgan fingerprint density at radius 3 is 2.57 bits per heavy atom. The summed E-state index contributed by atoms with van der Waals surface area (Å²) in [5.74, 6) is -3.45. The summed E-state index contributed by atoms with van der Waals surface area (Å²) < 4.78 is 28.4. The first-order valence-corrected chi connectivity index (χ1v) is 6.64. The summed E-state index contributed by atoms with van der Waals surface area (Å²) in [7, 11) is 0. The summed E-state index contributed by atoms with van der Waals surface area (Å²) in [6.45, 7) is 0.379. The number of nitrogens with one attached hydrogen (secondary N) is 1. The van der Waals surface area contributed by atoms with Crippen LogP contribution in [0.15, 0.2) is 24.3 Å². The van der Waals surface area contributed by atoms with E-state index in [-0.39, 0.29) is 11.3 Å². The van der Waals surface area contributed by atoms with Crippen molar-refractivity contribution in [1.82, 2.24) is 10.2 Å². The summed E-state index contributed by atoms with van der Waals surface area (Å²) >= 11 is 0. The molecule has 1 aliphatic heterocycles. The van der Waals surface area contributed by atoms with Gasteiger partial charge in [-0.3, -0.25) is 15.0 Å². The van der Waals surface area contributed by atoms with Gasteiger partial charge in [0.2, 0.25) is 0 Å². The van der Waals surface area contributed by atoms with Crippen molar-refractivity contribution in [3.63, 3.8) is 0 Å². The third-order valence-corrected chi connectivity index (χ3v) is 3.56. The van der Waals surface area contributed by atoms with Gasteiger partial charge in [-0.1, -0.05) is 18.2 Å². The van der Waals surface area contributed by atoms with E-state index in [9.17, 15) is 18.9 Å². The number of piperazine rings is 1. The van der Waals surface area contributed by atoms with Crippen molar-refractivity contribution >= 4 is 5.69 Å². The van der Waals surface area contributed by atoms with E-state index < -0.39 is 23.5 Å². The van der Waals surface area contributed by atoms with E-state index in [0.29, 0.717) is 26.2 Å². The van der Waals surface area contributed by atoms with Gasteiger partial charge in [0.1, 0.15) is 12.6 Å². The van der Waals surface area contributed by atoms with Crippen molar-refractivity contribution in [3.05, 3.63) is 39.9 Å². The van der Waals surface area contributed by atoms with Crippen LogP contribution < -0.4 is 5.32 Å². The fraction of sp³-hybridized carbons (Fsp3) is 0.538. The van der Waals surface area contributed by atoms with Crippen molar-refractivity contribution in [2.75, 3.05) is 32.8 Å².